The van der Waals surface area contributed by atoms with Gasteiger partial charge in [0.05, 0.1) is 11.4 Å². The SMILES string of the molecule is [Na].c1ccc2c(c1)Sc1ccccc1N2CCN1CCCCC1. The van der Waals surface area contributed by atoms with Gasteiger partial charge in [-0.2, -0.15) is 0 Å². The van der Waals surface area contributed by atoms with Crippen molar-refractivity contribution in [3.05, 3.63) is 48.5 Å². The van der Waals surface area contributed by atoms with Gasteiger partial charge in [0.25, 0.3) is 0 Å². The molecule has 2 nitrogen and oxygen atoms in total. The maximum absolute atomic E-state index is 2.62. The zero-order valence-electron chi connectivity index (χ0n) is 13.9. The van der Waals surface area contributed by atoms with Crippen LogP contribution in [0.2, 0.25) is 0 Å². The van der Waals surface area contributed by atoms with Crippen molar-refractivity contribution in [3.8, 4) is 0 Å². The number of hydrogen-bond donors (Lipinski definition) is 0. The summed E-state index contributed by atoms with van der Waals surface area (Å²) in [6.45, 7) is 4.78. The molecule has 2 aromatic carbocycles. The van der Waals surface area contributed by atoms with E-state index in [9.17, 15) is 0 Å². The number of rotatable bonds is 3. The molecule has 0 saturated carbocycles. The van der Waals surface area contributed by atoms with Crippen molar-refractivity contribution in [1.82, 2.24) is 4.90 Å². The van der Waals surface area contributed by atoms with Crippen molar-refractivity contribution in [3.63, 3.8) is 0 Å². The number of anilines is 2. The van der Waals surface area contributed by atoms with Crippen LogP contribution in [0, 0.1) is 0 Å². The third-order valence-electron chi connectivity index (χ3n) is 4.62. The Morgan fingerprint density at radius 2 is 1.30 bits per heavy atom. The number of piperidine rings is 1. The maximum Gasteiger partial charge on any atom is 0.0553 e. The van der Waals surface area contributed by atoms with Crippen LogP contribution >= 0.6 is 11.8 Å². The van der Waals surface area contributed by atoms with Crippen LogP contribution in [0.15, 0.2) is 58.3 Å². The molecular formula is C19H22N2NaS. The fraction of sp³-hybridized carbons (Fsp3) is 0.368. The molecule has 0 atom stereocenters. The monoisotopic (exact) mass is 333 g/mol. The smallest absolute Gasteiger partial charge is 0.0553 e. The van der Waals surface area contributed by atoms with Crippen molar-refractivity contribution < 1.29 is 0 Å². The van der Waals surface area contributed by atoms with Crippen LogP contribution in [0.1, 0.15) is 19.3 Å². The third-order valence-corrected chi connectivity index (χ3v) is 5.75. The molecule has 0 aliphatic carbocycles. The average Bonchev–Trinajstić information content (AvgIpc) is 2.59. The molecule has 0 aromatic heterocycles. The van der Waals surface area contributed by atoms with E-state index in [4.69, 9.17) is 0 Å². The Morgan fingerprint density at radius 1 is 0.739 bits per heavy atom. The molecule has 1 fully saturated rings. The summed E-state index contributed by atoms with van der Waals surface area (Å²) in [7, 11) is 0. The molecule has 0 spiro atoms. The summed E-state index contributed by atoms with van der Waals surface area (Å²) in [5.41, 5.74) is 2.73. The second kappa shape index (κ2) is 8.09. The summed E-state index contributed by atoms with van der Waals surface area (Å²) in [4.78, 5) is 7.88. The standard InChI is InChI=1S/C19H22N2S.Na/c1-6-12-20(13-7-1)14-15-21-16-8-2-4-10-18(16)22-19-11-5-3-9-17(19)21;/h2-5,8-11H,1,6-7,12-15H2;. The number of fused-ring (bicyclic) bond motifs is 2. The average molecular weight is 333 g/mol. The second-order valence-corrected chi connectivity index (χ2v) is 7.18. The van der Waals surface area contributed by atoms with Gasteiger partial charge in [-0.25, -0.2) is 0 Å². The van der Waals surface area contributed by atoms with Crippen molar-refractivity contribution in [2.24, 2.45) is 0 Å². The van der Waals surface area contributed by atoms with Gasteiger partial charge in [-0.3, -0.25) is 0 Å². The molecule has 0 N–H and O–H groups in total. The van der Waals surface area contributed by atoms with Gasteiger partial charge in [-0.05, 0) is 50.2 Å². The van der Waals surface area contributed by atoms with E-state index in [0.717, 1.165) is 13.1 Å². The van der Waals surface area contributed by atoms with E-state index < -0.39 is 0 Å². The first-order valence-electron chi connectivity index (χ1n) is 8.28. The summed E-state index contributed by atoms with van der Waals surface area (Å²) in [6, 6.07) is 17.6. The minimum absolute atomic E-state index is 0. The Kier molecular flexibility index (Phi) is 6.11. The Hall–Kier alpha value is -0.450. The number of para-hydroxylation sites is 2. The van der Waals surface area contributed by atoms with Crippen LogP contribution in [-0.2, 0) is 0 Å². The Bertz CT molecular complexity index is 610. The molecular weight excluding hydrogens is 311 g/mol. The molecule has 4 rings (SSSR count). The number of hydrogen-bond acceptors (Lipinski definition) is 3. The van der Waals surface area contributed by atoms with Crippen LogP contribution in [0.4, 0.5) is 11.4 Å². The fourth-order valence-electron chi connectivity index (χ4n) is 3.45. The zero-order valence-corrected chi connectivity index (χ0v) is 16.7. The molecule has 0 unspecified atom stereocenters. The zero-order chi connectivity index (χ0) is 14.8. The van der Waals surface area contributed by atoms with Crippen LogP contribution in [0.3, 0.4) is 0 Å². The molecule has 2 aliphatic rings. The largest absolute Gasteiger partial charge is 0.338 e. The second-order valence-electron chi connectivity index (χ2n) is 6.09. The summed E-state index contributed by atoms with van der Waals surface area (Å²) >= 11 is 1.89. The van der Waals surface area contributed by atoms with Crippen LogP contribution in [0.25, 0.3) is 0 Å². The summed E-state index contributed by atoms with van der Waals surface area (Å²) in [5.74, 6) is 0. The molecule has 1 radical (unpaired) electrons. The van der Waals surface area contributed by atoms with Crippen molar-refractivity contribution in [2.75, 3.05) is 31.1 Å². The first-order valence-corrected chi connectivity index (χ1v) is 9.09. The molecule has 4 heteroatoms. The fourth-order valence-corrected chi connectivity index (χ4v) is 4.54. The summed E-state index contributed by atoms with van der Waals surface area (Å²) in [5, 5.41) is 0. The summed E-state index contributed by atoms with van der Waals surface area (Å²) < 4.78 is 0. The van der Waals surface area contributed by atoms with Crippen LogP contribution < -0.4 is 4.90 Å². The Morgan fingerprint density at radius 3 is 1.91 bits per heavy atom. The van der Waals surface area contributed by atoms with E-state index >= 15 is 0 Å². The van der Waals surface area contributed by atoms with Crippen molar-refractivity contribution in [2.45, 2.75) is 29.1 Å². The predicted octanol–water partition coefficient (Wildman–Crippen LogP) is 4.39. The van der Waals surface area contributed by atoms with Crippen LogP contribution in [-0.4, -0.2) is 60.6 Å². The number of likely N-dealkylation sites (tertiary alicyclic amines) is 1. The van der Waals surface area contributed by atoms with E-state index in [-0.39, 0.29) is 29.6 Å². The maximum atomic E-state index is 2.62. The molecule has 2 aromatic rings. The quantitative estimate of drug-likeness (QED) is 0.769. The van der Waals surface area contributed by atoms with Gasteiger partial charge >= 0.3 is 0 Å². The van der Waals surface area contributed by atoms with Crippen LogP contribution in [0.5, 0.6) is 0 Å². The minimum Gasteiger partial charge on any atom is -0.338 e. The molecule has 2 heterocycles. The number of benzene rings is 2. The predicted molar refractivity (Wildman–Crippen MR) is 100 cm³/mol. The van der Waals surface area contributed by atoms with E-state index in [1.54, 1.807) is 0 Å². The topological polar surface area (TPSA) is 6.48 Å². The molecule has 1 saturated heterocycles. The molecule has 2 aliphatic heterocycles. The van der Waals surface area contributed by atoms with E-state index in [1.165, 1.54) is 53.5 Å². The van der Waals surface area contributed by atoms with E-state index in [0.29, 0.717) is 0 Å². The Labute approximate surface area is 165 Å². The molecule has 0 bridgehead atoms. The molecule has 23 heavy (non-hydrogen) atoms. The normalized spacial score (nSPS) is 17.1. The van der Waals surface area contributed by atoms with Crippen molar-refractivity contribution in [1.29, 1.82) is 0 Å². The van der Waals surface area contributed by atoms with Crippen molar-refractivity contribution >= 4 is 52.7 Å². The van der Waals surface area contributed by atoms with E-state index in [1.807, 2.05) is 11.8 Å². The van der Waals surface area contributed by atoms with Gasteiger partial charge in [0, 0.05) is 52.4 Å². The van der Waals surface area contributed by atoms with Gasteiger partial charge in [0.15, 0.2) is 0 Å². The van der Waals surface area contributed by atoms with Gasteiger partial charge in [-0.1, -0.05) is 42.4 Å². The van der Waals surface area contributed by atoms with E-state index in [2.05, 4.69) is 58.3 Å². The first-order chi connectivity index (χ1) is 10.9. The number of nitrogens with zero attached hydrogens (tertiary/aromatic N) is 2. The van der Waals surface area contributed by atoms with Gasteiger partial charge < -0.3 is 9.80 Å². The minimum atomic E-state index is 0. The third kappa shape index (κ3) is 3.80. The van der Waals surface area contributed by atoms with Gasteiger partial charge in [0.1, 0.15) is 0 Å². The van der Waals surface area contributed by atoms with Gasteiger partial charge in [-0.15, -0.1) is 0 Å². The molecule has 0 amide bonds. The Balaban J connectivity index is 0.00000156. The first kappa shape index (κ1) is 17.4. The molecule has 115 valence electrons. The summed E-state index contributed by atoms with van der Waals surface area (Å²) in [6.07, 6.45) is 4.13. The van der Waals surface area contributed by atoms with Gasteiger partial charge in [0.2, 0.25) is 0 Å².